The van der Waals surface area contributed by atoms with Gasteiger partial charge in [0.25, 0.3) is 0 Å². The third-order valence-electron chi connectivity index (χ3n) is 11.6. The van der Waals surface area contributed by atoms with Gasteiger partial charge in [0.2, 0.25) is 0 Å². The quantitative estimate of drug-likeness (QED) is 0.0146. The van der Waals surface area contributed by atoms with Crippen LogP contribution in [0, 0.1) is 0 Å². The van der Waals surface area contributed by atoms with Gasteiger partial charge in [-0.2, -0.15) is 0 Å². The van der Waals surface area contributed by atoms with Crippen LogP contribution in [0.2, 0.25) is 0 Å². The average Bonchev–Trinajstić information content (AvgIpc) is 3.29. The maximum absolute atomic E-state index is 12.8. The van der Waals surface area contributed by atoms with Crippen LogP contribution in [0.15, 0.2) is 48.6 Å². The molecule has 13 nitrogen and oxygen atoms in total. The number of rotatable bonds is 42. The summed E-state index contributed by atoms with van der Waals surface area (Å²) in [5.74, 6) is -1.11. The second kappa shape index (κ2) is 40.8. The van der Waals surface area contributed by atoms with Crippen molar-refractivity contribution in [2.45, 2.75) is 249 Å². The van der Waals surface area contributed by atoms with Crippen LogP contribution < -0.4 is 0 Å². The number of esters is 2. The summed E-state index contributed by atoms with van der Waals surface area (Å²) in [6.45, 7) is 3.26. The van der Waals surface area contributed by atoms with Crippen molar-refractivity contribution < 1.29 is 63.1 Å². The highest BCUT2D eigenvalue weighted by molar-refractivity contribution is 7.47. The minimum Gasteiger partial charge on any atom is -0.462 e. The fraction of sp³-hybridized carbons (Fsp3) is 0.804. The molecule has 0 spiro atoms. The summed E-state index contributed by atoms with van der Waals surface area (Å²) in [7, 11) is -5.13. The number of aliphatic hydroxyl groups excluding tert-OH is 5. The van der Waals surface area contributed by atoms with Crippen molar-refractivity contribution in [2.75, 3.05) is 13.2 Å². The SMILES string of the molecule is CCCCC/C=C/C/C=C/CCCCCCCCCCCC(=O)OC[C@@H](COP(=O)(O)OC1C(O)C(O)C(O)[C@H](O)C1O)OC(=O)CCCCCCCCC/C=C/C/C=C/CCCCC. The molecule has 0 aromatic carbocycles. The van der Waals surface area contributed by atoms with Gasteiger partial charge in [0.15, 0.2) is 6.10 Å². The highest BCUT2D eigenvalue weighted by atomic mass is 31.2. The predicted molar refractivity (Wildman–Crippen MR) is 258 cm³/mol. The summed E-state index contributed by atoms with van der Waals surface area (Å²) in [5, 5.41) is 50.2. The lowest BCUT2D eigenvalue weighted by molar-refractivity contribution is -0.220. The molecule has 0 saturated heterocycles. The second-order valence-electron chi connectivity index (χ2n) is 17.7. The predicted octanol–water partition coefficient (Wildman–Crippen LogP) is 10.7. The van der Waals surface area contributed by atoms with Crippen LogP contribution in [0.4, 0.5) is 0 Å². The summed E-state index contributed by atoms with van der Waals surface area (Å²) < 4.78 is 33.6. The average molecular weight is 943 g/mol. The first-order valence-corrected chi connectivity index (χ1v) is 26.9. The van der Waals surface area contributed by atoms with E-state index in [-0.39, 0.29) is 12.8 Å². The van der Waals surface area contributed by atoms with Crippen LogP contribution >= 0.6 is 7.82 Å². The van der Waals surface area contributed by atoms with Gasteiger partial charge in [-0.3, -0.25) is 18.6 Å². The number of aliphatic hydroxyl groups is 5. The Labute approximate surface area is 392 Å². The Morgan fingerprint density at radius 1 is 0.477 bits per heavy atom. The molecule has 1 fully saturated rings. The zero-order chi connectivity index (χ0) is 47.8. The van der Waals surface area contributed by atoms with E-state index < -0.39 is 75.7 Å². The number of hydrogen-bond donors (Lipinski definition) is 6. The van der Waals surface area contributed by atoms with Gasteiger partial charge in [0.05, 0.1) is 6.61 Å². The second-order valence-corrected chi connectivity index (χ2v) is 19.1. The zero-order valence-electron chi connectivity index (χ0n) is 40.3. The molecule has 1 rings (SSSR count). The molecule has 0 heterocycles. The van der Waals surface area contributed by atoms with Crippen molar-refractivity contribution in [1.29, 1.82) is 0 Å². The number of phosphoric ester groups is 1. The van der Waals surface area contributed by atoms with E-state index in [0.717, 1.165) is 96.3 Å². The Balaban J connectivity index is 2.41. The van der Waals surface area contributed by atoms with Gasteiger partial charge in [0.1, 0.15) is 43.2 Å². The molecule has 1 aliphatic rings. The van der Waals surface area contributed by atoms with Crippen LogP contribution in [0.3, 0.4) is 0 Å². The van der Waals surface area contributed by atoms with Crippen molar-refractivity contribution >= 4 is 19.8 Å². The lowest BCUT2D eigenvalue weighted by atomic mass is 9.85. The van der Waals surface area contributed by atoms with Crippen molar-refractivity contribution in [3.8, 4) is 0 Å². The monoisotopic (exact) mass is 943 g/mol. The van der Waals surface area contributed by atoms with Gasteiger partial charge in [-0.25, -0.2) is 4.57 Å². The molecule has 0 radical (unpaired) electrons. The van der Waals surface area contributed by atoms with Gasteiger partial charge >= 0.3 is 19.8 Å². The first-order chi connectivity index (χ1) is 31.4. The highest BCUT2D eigenvalue weighted by Gasteiger charge is 2.51. The molecular formula is C51H91O13P. The first kappa shape index (κ1) is 60.8. The molecule has 1 aliphatic carbocycles. The highest BCUT2D eigenvalue weighted by Crippen LogP contribution is 2.47. The third kappa shape index (κ3) is 33.0. The van der Waals surface area contributed by atoms with E-state index in [9.17, 15) is 44.6 Å². The van der Waals surface area contributed by atoms with E-state index in [1.54, 1.807) is 0 Å². The fourth-order valence-electron chi connectivity index (χ4n) is 7.52. The Hall–Kier alpha value is -2.19. The number of ether oxygens (including phenoxy) is 2. The number of phosphoric acid groups is 1. The molecular weight excluding hydrogens is 852 g/mol. The number of unbranched alkanes of at least 4 members (excludes halogenated alkanes) is 22. The van der Waals surface area contributed by atoms with Gasteiger partial charge in [-0.15, -0.1) is 0 Å². The van der Waals surface area contributed by atoms with E-state index in [2.05, 4.69) is 62.5 Å². The Morgan fingerprint density at radius 3 is 1.25 bits per heavy atom. The molecule has 0 bridgehead atoms. The lowest BCUT2D eigenvalue weighted by Crippen LogP contribution is -2.64. The van der Waals surface area contributed by atoms with Crippen LogP contribution in [0.25, 0.3) is 0 Å². The van der Waals surface area contributed by atoms with Gasteiger partial charge in [-0.05, 0) is 77.0 Å². The summed E-state index contributed by atoms with van der Waals surface area (Å²) in [5.41, 5.74) is 0. The van der Waals surface area contributed by atoms with Crippen LogP contribution in [0.1, 0.15) is 206 Å². The molecule has 378 valence electrons. The maximum Gasteiger partial charge on any atom is 0.472 e. The Bertz CT molecular complexity index is 1320. The summed E-state index contributed by atoms with van der Waals surface area (Å²) >= 11 is 0. The molecule has 8 atom stereocenters. The molecule has 0 aromatic rings. The molecule has 0 aromatic heterocycles. The number of hydrogen-bond acceptors (Lipinski definition) is 12. The molecule has 14 heteroatoms. The zero-order valence-corrected chi connectivity index (χ0v) is 41.2. The Kier molecular flexibility index (Phi) is 38.2. The number of carbonyl (C=O) groups is 2. The van der Waals surface area contributed by atoms with Crippen LogP contribution in [0.5, 0.6) is 0 Å². The van der Waals surface area contributed by atoms with E-state index in [1.807, 2.05) is 0 Å². The fourth-order valence-corrected chi connectivity index (χ4v) is 8.50. The van der Waals surface area contributed by atoms with E-state index in [4.69, 9.17) is 18.5 Å². The lowest BCUT2D eigenvalue weighted by Gasteiger charge is -2.41. The largest absolute Gasteiger partial charge is 0.472 e. The molecule has 0 amide bonds. The van der Waals surface area contributed by atoms with Crippen molar-refractivity contribution in [3.05, 3.63) is 48.6 Å². The van der Waals surface area contributed by atoms with Crippen molar-refractivity contribution in [2.24, 2.45) is 0 Å². The summed E-state index contributed by atoms with van der Waals surface area (Å²) in [4.78, 5) is 35.8. The van der Waals surface area contributed by atoms with E-state index >= 15 is 0 Å². The molecule has 6 unspecified atom stereocenters. The number of allylic oxidation sites excluding steroid dienone is 8. The minimum absolute atomic E-state index is 0.0862. The van der Waals surface area contributed by atoms with Gasteiger partial charge in [-0.1, -0.05) is 165 Å². The van der Waals surface area contributed by atoms with Gasteiger partial charge in [0, 0.05) is 12.8 Å². The Morgan fingerprint density at radius 2 is 0.831 bits per heavy atom. The molecule has 0 aliphatic heterocycles. The smallest absolute Gasteiger partial charge is 0.462 e. The topological polar surface area (TPSA) is 210 Å². The van der Waals surface area contributed by atoms with Crippen molar-refractivity contribution in [1.82, 2.24) is 0 Å². The standard InChI is InChI=1S/C51H91O13P/c1-3-5-7-9-11-13-15-17-19-21-22-24-25-27-29-31-33-35-37-39-44(52)61-41-43(42-62-65(59,60)64-51-49(57)47(55)46(54)48(56)50(51)58)63-45(53)40-38-36-34-32-30-28-26-23-20-18-16-14-12-10-8-6-4-2/h11-14,17-20,43,46-51,54-58H,3-10,15-16,21-42H2,1-2H3,(H,59,60)/b13-11+,14-12+,19-17+,20-18+/t43-,46?,47-,48?,49?,50?,51?/m0/s1. The van der Waals surface area contributed by atoms with E-state index in [0.29, 0.717) is 12.8 Å². The third-order valence-corrected chi connectivity index (χ3v) is 12.6. The van der Waals surface area contributed by atoms with Crippen LogP contribution in [-0.4, -0.2) is 98.3 Å². The van der Waals surface area contributed by atoms with Crippen molar-refractivity contribution in [3.63, 3.8) is 0 Å². The molecule has 6 N–H and O–H groups in total. The maximum atomic E-state index is 12.8. The molecule has 65 heavy (non-hydrogen) atoms. The minimum atomic E-state index is -5.13. The van der Waals surface area contributed by atoms with Crippen LogP contribution in [-0.2, 0) is 32.7 Å². The summed E-state index contributed by atoms with van der Waals surface area (Å²) in [6.07, 6.45) is 35.8. The van der Waals surface area contributed by atoms with E-state index in [1.165, 1.54) is 70.6 Å². The number of carbonyl (C=O) groups excluding carboxylic acids is 2. The normalized spacial score (nSPS) is 21.8. The van der Waals surface area contributed by atoms with Gasteiger partial charge < -0.3 is 39.9 Å². The first-order valence-electron chi connectivity index (χ1n) is 25.4. The molecule has 1 saturated carbocycles. The summed E-state index contributed by atoms with van der Waals surface area (Å²) in [6, 6.07) is 0.